The van der Waals surface area contributed by atoms with E-state index >= 15 is 0 Å². The lowest BCUT2D eigenvalue weighted by atomic mass is 10.1. The van der Waals surface area contributed by atoms with Crippen LogP contribution >= 0.6 is 15.9 Å². The second kappa shape index (κ2) is 28.9. The van der Waals surface area contributed by atoms with E-state index in [1.807, 2.05) is 6.92 Å². The van der Waals surface area contributed by atoms with Crippen LogP contribution in [0.3, 0.4) is 0 Å². The summed E-state index contributed by atoms with van der Waals surface area (Å²) in [5.74, 6) is 0.299. The van der Waals surface area contributed by atoms with Gasteiger partial charge in [-0.1, -0.05) is 49.0 Å². The number of methoxy groups -OCH3 is 2. The third kappa shape index (κ3) is 22.5. The molecule has 0 aliphatic heterocycles. The molecule has 0 saturated carbocycles. The molecular weight excluding hydrogens is 766 g/mol. The Morgan fingerprint density at radius 2 is 1.07 bits per heavy atom. The van der Waals surface area contributed by atoms with E-state index in [2.05, 4.69) is 27.6 Å². The van der Waals surface area contributed by atoms with Crippen LogP contribution in [0.2, 0.25) is 0 Å². The Labute approximate surface area is 329 Å². The summed E-state index contributed by atoms with van der Waals surface area (Å²) in [6.45, 7) is 16.2. The molecule has 0 spiro atoms. The summed E-state index contributed by atoms with van der Waals surface area (Å²) < 4.78 is 36.1. The molecule has 13 nitrogen and oxygen atoms in total. The maximum atomic E-state index is 11.9. The smallest absolute Gasteiger partial charge is 0.349 e. The number of esters is 4. The van der Waals surface area contributed by atoms with Gasteiger partial charge in [-0.15, -0.1) is 0 Å². The van der Waals surface area contributed by atoms with Gasteiger partial charge in [0, 0.05) is 6.92 Å². The summed E-state index contributed by atoms with van der Waals surface area (Å²) in [6.07, 6.45) is 4.83. The molecule has 0 aromatic heterocycles. The third-order valence-corrected chi connectivity index (χ3v) is 7.60. The summed E-state index contributed by atoms with van der Waals surface area (Å²) in [7, 11) is 2.75. The van der Waals surface area contributed by atoms with Crippen molar-refractivity contribution in [3.8, 4) is 29.1 Å². The van der Waals surface area contributed by atoms with Gasteiger partial charge >= 0.3 is 23.9 Å². The lowest BCUT2D eigenvalue weighted by molar-refractivity contribution is -0.159. The van der Waals surface area contributed by atoms with E-state index in [0.717, 1.165) is 32.1 Å². The van der Waals surface area contributed by atoms with Gasteiger partial charge in [0.2, 0.25) is 0 Å². The summed E-state index contributed by atoms with van der Waals surface area (Å²) in [4.78, 5) is 45.8. The molecule has 0 amide bonds. The minimum Gasteiger partial charge on any atom is -0.508 e. The molecule has 2 atom stereocenters. The van der Waals surface area contributed by atoms with Crippen molar-refractivity contribution < 1.29 is 57.4 Å². The monoisotopic (exact) mass is 825 g/mol. The number of alkyl halides is 1. The average molecular weight is 827 g/mol. The summed E-state index contributed by atoms with van der Waals surface area (Å²) >= 11 is 3.23. The highest BCUT2D eigenvalue weighted by Gasteiger charge is 2.32. The number of halogens is 1. The van der Waals surface area contributed by atoms with E-state index in [1.165, 1.54) is 33.3 Å². The predicted molar refractivity (Wildman–Crippen MR) is 209 cm³/mol. The van der Waals surface area contributed by atoms with E-state index in [1.54, 1.807) is 84.0 Å². The van der Waals surface area contributed by atoms with Crippen molar-refractivity contribution >= 4 is 39.8 Å². The van der Waals surface area contributed by atoms with E-state index < -0.39 is 35.2 Å². The number of carbonyl (C=O) groups excluding carboxylic acids is 4. The van der Waals surface area contributed by atoms with E-state index in [4.69, 9.17) is 38.8 Å². The quantitative estimate of drug-likeness (QED) is 0.0864. The van der Waals surface area contributed by atoms with Gasteiger partial charge < -0.3 is 38.3 Å². The van der Waals surface area contributed by atoms with Crippen molar-refractivity contribution in [1.82, 2.24) is 0 Å². The number of aromatic hydroxyl groups is 1. The summed E-state index contributed by atoms with van der Waals surface area (Å²) in [5, 5.41) is 16.4. The molecule has 0 aliphatic rings. The van der Waals surface area contributed by atoms with Gasteiger partial charge in [0.05, 0.1) is 33.5 Å². The first-order chi connectivity index (χ1) is 25.4. The molecule has 0 radical (unpaired) electrons. The van der Waals surface area contributed by atoms with Gasteiger partial charge in [-0.2, -0.15) is 5.26 Å². The first kappa shape index (κ1) is 51.6. The molecule has 0 bridgehead atoms. The molecule has 304 valence electrons. The average Bonchev–Trinajstić information content (AvgIpc) is 3.14. The number of phenolic OH excluding ortho intramolecular Hbond substituents is 1. The second-order valence-corrected chi connectivity index (χ2v) is 13.4. The van der Waals surface area contributed by atoms with Crippen LogP contribution in [0, 0.1) is 11.3 Å². The predicted octanol–water partition coefficient (Wildman–Crippen LogP) is 8.27. The molecular formula is C40H60BrNO12. The number of nitriles is 1. The number of hydrogen-bond acceptors (Lipinski definition) is 13. The van der Waals surface area contributed by atoms with Crippen molar-refractivity contribution in [1.29, 1.82) is 5.26 Å². The zero-order chi connectivity index (χ0) is 41.7. The second-order valence-electron chi connectivity index (χ2n) is 12.3. The van der Waals surface area contributed by atoms with E-state index in [-0.39, 0.29) is 16.5 Å². The van der Waals surface area contributed by atoms with Gasteiger partial charge in [-0.05, 0) is 109 Å². The molecule has 0 fully saturated rings. The first-order valence-corrected chi connectivity index (χ1v) is 18.7. The molecule has 1 N–H and O–H groups in total. The highest BCUT2D eigenvalue weighted by Crippen LogP contribution is 2.25. The fourth-order valence-electron chi connectivity index (χ4n) is 3.92. The number of carbonyl (C=O) groups is 4. The SMILES string of the molecule is CC#N.CCCCC(Br)C(=O)OC.CCCCC(Oc1ccc(OC(C)(C)C(=O)OCC)cc1)C(=O)OC.CCOC(=O)C(C)(C)Oc1ccc(O)cc1. The lowest BCUT2D eigenvalue weighted by Crippen LogP contribution is -2.39. The highest BCUT2D eigenvalue weighted by molar-refractivity contribution is 9.10. The topological polar surface area (TPSA) is 177 Å². The first-order valence-electron chi connectivity index (χ1n) is 17.8. The Hall–Kier alpha value is -4.51. The number of phenols is 1. The van der Waals surface area contributed by atoms with Gasteiger partial charge in [0.1, 0.15) is 27.8 Å². The molecule has 0 saturated heterocycles. The molecule has 2 aromatic rings. The van der Waals surface area contributed by atoms with Crippen LogP contribution < -0.4 is 14.2 Å². The molecule has 2 unspecified atom stereocenters. The molecule has 0 aliphatic carbocycles. The fraction of sp³-hybridized carbons (Fsp3) is 0.575. The van der Waals surface area contributed by atoms with Gasteiger partial charge in [-0.3, -0.25) is 4.79 Å². The van der Waals surface area contributed by atoms with Crippen molar-refractivity contribution in [3.63, 3.8) is 0 Å². The Bertz CT molecular complexity index is 1390. The van der Waals surface area contributed by atoms with Gasteiger partial charge in [0.15, 0.2) is 17.3 Å². The molecule has 14 heteroatoms. The number of ether oxygens (including phenoxy) is 7. The normalized spacial score (nSPS) is 11.4. The van der Waals surface area contributed by atoms with Crippen molar-refractivity contribution in [2.75, 3.05) is 27.4 Å². The highest BCUT2D eigenvalue weighted by atomic mass is 79.9. The Kier molecular flexibility index (Phi) is 27.6. The van der Waals surface area contributed by atoms with Crippen LogP contribution in [0.25, 0.3) is 0 Å². The Morgan fingerprint density at radius 3 is 1.44 bits per heavy atom. The molecule has 2 rings (SSSR count). The molecule has 54 heavy (non-hydrogen) atoms. The summed E-state index contributed by atoms with van der Waals surface area (Å²) in [5.41, 5.74) is -2.12. The van der Waals surface area contributed by atoms with Gasteiger partial charge in [0.25, 0.3) is 0 Å². The van der Waals surface area contributed by atoms with Crippen LogP contribution in [0.4, 0.5) is 0 Å². The Balaban J connectivity index is 0. The van der Waals surface area contributed by atoms with E-state index in [0.29, 0.717) is 36.9 Å². The number of unbranched alkanes of at least 4 members (excludes halogenated alkanes) is 2. The minimum atomic E-state index is -1.09. The molecule has 2 aromatic carbocycles. The van der Waals surface area contributed by atoms with Crippen molar-refractivity contribution in [3.05, 3.63) is 48.5 Å². The van der Waals surface area contributed by atoms with Crippen LogP contribution in [0.1, 0.15) is 101 Å². The zero-order valence-electron chi connectivity index (χ0n) is 33.7. The maximum Gasteiger partial charge on any atom is 0.349 e. The number of nitrogens with zero attached hydrogens (tertiary/aromatic N) is 1. The lowest BCUT2D eigenvalue weighted by Gasteiger charge is -2.24. The number of hydrogen-bond donors (Lipinski definition) is 1. The molecule has 0 heterocycles. The van der Waals surface area contributed by atoms with Gasteiger partial charge in [-0.25, -0.2) is 14.4 Å². The maximum absolute atomic E-state index is 11.9. The number of benzene rings is 2. The van der Waals surface area contributed by atoms with Crippen LogP contribution in [0.5, 0.6) is 23.0 Å². The fourth-order valence-corrected chi connectivity index (χ4v) is 4.43. The summed E-state index contributed by atoms with van der Waals surface area (Å²) in [6, 6.07) is 14.7. The van der Waals surface area contributed by atoms with Crippen LogP contribution in [-0.4, -0.2) is 78.6 Å². The van der Waals surface area contributed by atoms with E-state index in [9.17, 15) is 19.2 Å². The zero-order valence-corrected chi connectivity index (χ0v) is 35.3. The Morgan fingerprint density at radius 1 is 0.704 bits per heavy atom. The standard InChI is InChI=1S/C19H28O6.C12H16O4.C7H13BrO2.C2H3N/c1-6-8-9-16(17(20)22-5)24-14-10-12-15(13-11-14)25-19(3,4)18(21)23-7-2;1-4-15-11(14)12(2,3)16-10-7-5-9(13)6-8-10;1-3-4-5-6(8)7(9)10-2;1-2-3/h10-13,16H,6-9H2,1-5H3;5-8,13H,4H2,1-3H3;6H,3-5H2,1-2H3;1H3. The largest absolute Gasteiger partial charge is 0.508 e. The minimum absolute atomic E-state index is 0.113. The van der Waals surface area contributed by atoms with Crippen LogP contribution in [0.15, 0.2) is 48.5 Å². The number of rotatable bonds is 18. The van der Waals surface area contributed by atoms with Crippen LogP contribution in [-0.2, 0) is 38.1 Å². The third-order valence-electron chi connectivity index (χ3n) is 6.77. The van der Waals surface area contributed by atoms with Crippen molar-refractivity contribution in [2.24, 2.45) is 0 Å². The van der Waals surface area contributed by atoms with Crippen molar-refractivity contribution in [2.45, 2.75) is 123 Å².